The average molecular weight is 233 g/mol. The zero-order valence-electron chi connectivity index (χ0n) is 8.49. The van der Waals surface area contributed by atoms with Gasteiger partial charge in [-0.15, -0.1) is 0 Å². The van der Waals surface area contributed by atoms with Crippen LogP contribution in [-0.4, -0.2) is 4.37 Å². The molecule has 80 valence electrons. The van der Waals surface area contributed by atoms with Gasteiger partial charge in [-0.2, -0.15) is 9.64 Å². The van der Waals surface area contributed by atoms with Crippen LogP contribution in [-0.2, 0) is 0 Å². The molecule has 1 aromatic heterocycles. The van der Waals surface area contributed by atoms with Gasteiger partial charge in [0.1, 0.15) is 16.9 Å². The van der Waals surface area contributed by atoms with E-state index < -0.39 is 5.82 Å². The molecule has 0 aliphatic heterocycles. The number of nitriles is 1. The number of aryl methyl sites for hydroxylation is 1. The molecule has 0 atom stereocenters. The summed E-state index contributed by atoms with van der Waals surface area (Å²) >= 11 is 1.30. The van der Waals surface area contributed by atoms with E-state index in [1.165, 1.54) is 23.7 Å². The Labute approximate surface area is 96.3 Å². The van der Waals surface area contributed by atoms with Gasteiger partial charge in [-0.3, -0.25) is 0 Å². The van der Waals surface area contributed by atoms with E-state index in [9.17, 15) is 4.39 Å². The molecule has 0 fully saturated rings. The van der Waals surface area contributed by atoms with Crippen molar-refractivity contribution < 1.29 is 4.39 Å². The molecule has 0 radical (unpaired) electrons. The van der Waals surface area contributed by atoms with Crippen LogP contribution in [0.5, 0.6) is 0 Å². The van der Waals surface area contributed by atoms with Gasteiger partial charge in [0.2, 0.25) is 0 Å². The van der Waals surface area contributed by atoms with Gasteiger partial charge in [0.05, 0.1) is 16.9 Å². The lowest BCUT2D eigenvalue weighted by Gasteiger charge is -2.04. The van der Waals surface area contributed by atoms with Crippen LogP contribution in [0.4, 0.5) is 15.1 Å². The fraction of sp³-hybridized carbons (Fsp3) is 0.0909. The van der Waals surface area contributed by atoms with Crippen LogP contribution in [0.25, 0.3) is 0 Å². The topological polar surface area (TPSA) is 48.7 Å². The maximum absolute atomic E-state index is 12.9. The van der Waals surface area contributed by atoms with Crippen molar-refractivity contribution in [2.45, 2.75) is 6.92 Å². The second-order valence-corrected chi connectivity index (χ2v) is 4.06. The molecule has 1 heterocycles. The molecule has 0 saturated heterocycles. The molecule has 0 aliphatic rings. The molecular formula is C11H8FN3S. The van der Waals surface area contributed by atoms with Crippen molar-refractivity contribution in [1.29, 1.82) is 5.26 Å². The highest BCUT2D eigenvalue weighted by Crippen LogP contribution is 2.24. The highest BCUT2D eigenvalue weighted by molar-refractivity contribution is 7.10. The van der Waals surface area contributed by atoms with Crippen LogP contribution in [0.3, 0.4) is 0 Å². The van der Waals surface area contributed by atoms with E-state index in [4.69, 9.17) is 5.26 Å². The van der Waals surface area contributed by atoms with E-state index in [-0.39, 0.29) is 5.56 Å². The largest absolute Gasteiger partial charge is 0.345 e. The molecule has 0 unspecified atom stereocenters. The third kappa shape index (κ3) is 2.18. The Kier molecular flexibility index (Phi) is 2.84. The first-order valence-corrected chi connectivity index (χ1v) is 5.36. The van der Waals surface area contributed by atoms with E-state index in [0.29, 0.717) is 5.69 Å². The summed E-state index contributed by atoms with van der Waals surface area (Å²) in [7, 11) is 0. The van der Waals surface area contributed by atoms with Gasteiger partial charge in [-0.25, -0.2) is 4.39 Å². The highest BCUT2D eigenvalue weighted by Gasteiger charge is 2.05. The van der Waals surface area contributed by atoms with Gasteiger partial charge < -0.3 is 5.32 Å². The minimum absolute atomic E-state index is 0.283. The van der Waals surface area contributed by atoms with Crippen LogP contribution >= 0.6 is 11.5 Å². The second-order valence-electron chi connectivity index (χ2n) is 3.26. The Bertz CT molecular complexity index is 557. The zero-order chi connectivity index (χ0) is 11.5. The first-order chi connectivity index (χ1) is 7.69. The Morgan fingerprint density at radius 3 is 2.88 bits per heavy atom. The van der Waals surface area contributed by atoms with Crippen molar-refractivity contribution in [3.63, 3.8) is 0 Å². The number of benzene rings is 1. The minimum Gasteiger partial charge on any atom is -0.345 e. The van der Waals surface area contributed by atoms with Crippen molar-refractivity contribution in [3.8, 4) is 6.07 Å². The summed E-state index contributed by atoms with van der Waals surface area (Å²) in [4.78, 5) is 0. The lowest BCUT2D eigenvalue weighted by molar-refractivity contribution is 0.627. The first kappa shape index (κ1) is 10.6. The maximum atomic E-state index is 12.9. The summed E-state index contributed by atoms with van der Waals surface area (Å²) in [6.07, 6.45) is 0. The number of anilines is 2. The Morgan fingerprint density at radius 2 is 2.25 bits per heavy atom. The summed E-state index contributed by atoms with van der Waals surface area (Å²) in [6.45, 7) is 1.89. The molecular weight excluding hydrogens is 225 g/mol. The van der Waals surface area contributed by atoms with Crippen LogP contribution in [0.1, 0.15) is 11.3 Å². The molecule has 2 aromatic rings. The predicted octanol–water partition coefficient (Wildman–Crippen LogP) is 3.21. The molecule has 1 N–H and O–H groups in total. The fourth-order valence-electron chi connectivity index (χ4n) is 1.27. The van der Waals surface area contributed by atoms with Gasteiger partial charge in [0.15, 0.2) is 0 Å². The Morgan fingerprint density at radius 1 is 1.44 bits per heavy atom. The van der Waals surface area contributed by atoms with E-state index in [2.05, 4.69) is 9.69 Å². The molecule has 0 amide bonds. The standard InChI is InChI=1S/C11H8FN3S/c1-7-4-11(16-15-7)14-10-3-2-9(12)5-8(10)6-13/h2-5,14H,1H3. The van der Waals surface area contributed by atoms with Crippen molar-refractivity contribution in [3.05, 3.63) is 41.3 Å². The molecule has 3 nitrogen and oxygen atoms in total. The van der Waals surface area contributed by atoms with Crippen molar-refractivity contribution >= 4 is 22.2 Å². The number of halogens is 1. The molecule has 0 bridgehead atoms. The van der Waals surface area contributed by atoms with Crippen molar-refractivity contribution in [2.24, 2.45) is 0 Å². The molecule has 2 rings (SSSR count). The van der Waals surface area contributed by atoms with Crippen molar-refractivity contribution in [2.75, 3.05) is 5.32 Å². The Hall–Kier alpha value is -1.93. The summed E-state index contributed by atoms with van der Waals surface area (Å²) in [5, 5.41) is 12.7. The molecule has 0 aliphatic carbocycles. The average Bonchev–Trinajstić information content (AvgIpc) is 2.67. The summed E-state index contributed by atoms with van der Waals surface area (Å²) < 4.78 is 17.0. The number of hydrogen-bond acceptors (Lipinski definition) is 4. The number of nitrogens with one attached hydrogen (secondary N) is 1. The molecule has 0 spiro atoms. The monoisotopic (exact) mass is 233 g/mol. The third-order valence-corrected chi connectivity index (χ3v) is 2.78. The van der Waals surface area contributed by atoms with Gasteiger partial charge in [0, 0.05) is 0 Å². The molecule has 0 saturated carbocycles. The summed E-state index contributed by atoms with van der Waals surface area (Å²) in [5.41, 5.74) is 1.78. The number of hydrogen-bond donors (Lipinski definition) is 1. The van der Waals surface area contributed by atoms with Gasteiger partial charge in [0.25, 0.3) is 0 Å². The fourth-order valence-corrected chi connectivity index (χ4v) is 1.95. The molecule has 16 heavy (non-hydrogen) atoms. The predicted molar refractivity (Wildman–Crippen MR) is 61.2 cm³/mol. The second kappa shape index (κ2) is 4.29. The summed E-state index contributed by atoms with van der Waals surface area (Å²) in [5.74, 6) is -0.414. The van der Waals surface area contributed by atoms with E-state index in [0.717, 1.165) is 10.7 Å². The van der Waals surface area contributed by atoms with Crippen molar-refractivity contribution in [1.82, 2.24) is 4.37 Å². The van der Waals surface area contributed by atoms with Gasteiger partial charge in [-0.05, 0) is 42.7 Å². The van der Waals surface area contributed by atoms with E-state index in [1.54, 1.807) is 6.07 Å². The van der Waals surface area contributed by atoms with E-state index >= 15 is 0 Å². The Balaban J connectivity index is 2.31. The SMILES string of the molecule is Cc1cc(Nc2ccc(F)cc2C#N)sn1. The smallest absolute Gasteiger partial charge is 0.124 e. The zero-order valence-corrected chi connectivity index (χ0v) is 9.31. The number of aromatic nitrogens is 1. The minimum atomic E-state index is -0.414. The molecule has 5 heteroatoms. The van der Waals surface area contributed by atoms with Crippen LogP contribution in [0.15, 0.2) is 24.3 Å². The number of rotatable bonds is 2. The van der Waals surface area contributed by atoms with Crippen LogP contribution in [0, 0.1) is 24.1 Å². The maximum Gasteiger partial charge on any atom is 0.124 e. The molecule has 1 aromatic carbocycles. The highest BCUT2D eigenvalue weighted by atomic mass is 32.1. The number of nitrogens with zero attached hydrogens (tertiary/aromatic N) is 2. The normalized spacial score (nSPS) is 9.81. The first-order valence-electron chi connectivity index (χ1n) is 4.59. The van der Waals surface area contributed by atoms with E-state index in [1.807, 2.05) is 19.1 Å². The van der Waals surface area contributed by atoms with Crippen LogP contribution in [0.2, 0.25) is 0 Å². The summed E-state index contributed by atoms with van der Waals surface area (Å²) in [6, 6.07) is 7.88. The third-order valence-electron chi connectivity index (χ3n) is 1.99. The lowest BCUT2D eigenvalue weighted by Crippen LogP contribution is -1.92. The lowest BCUT2D eigenvalue weighted by atomic mass is 10.2. The quantitative estimate of drug-likeness (QED) is 0.866. The van der Waals surface area contributed by atoms with Gasteiger partial charge >= 0.3 is 0 Å². The van der Waals surface area contributed by atoms with Crippen LogP contribution < -0.4 is 5.32 Å². The van der Waals surface area contributed by atoms with Gasteiger partial charge in [-0.1, -0.05) is 0 Å².